The van der Waals surface area contributed by atoms with Gasteiger partial charge in [-0.3, -0.25) is 0 Å². The minimum absolute atomic E-state index is 0.169. The molecule has 1 aromatic carbocycles. The van der Waals surface area contributed by atoms with Gasteiger partial charge in [0.1, 0.15) is 6.10 Å². The maximum absolute atomic E-state index is 13.4. The average molecular weight is 312 g/mol. The molecule has 0 aromatic heterocycles. The molecule has 3 atom stereocenters. The number of ether oxygens (including phenoxy) is 1. The molecule has 0 spiro atoms. The zero-order valence-electron chi connectivity index (χ0n) is 13.3. The normalized spacial score (nSPS) is 14.8. The van der Waals surface area contributed by atoms with Crippen LogP contribution in [-0.2, 0) is 0 Å². The minimum atomic E-state index is -0.425. The molecular formula is C16H25FN2O3. The zero-order chi connectivity index (χ0) is 16.5. The van der Waals surface area contributed by atoms with Crippen molar-refractivity contribution in [2.45, 2.75) is 39.4 Å². The number of hydrogen-bond donors (Lipinski definition) is 3. The van der Waals surface area contributed by atoms with E-state index in [9.17, 15) is 14.3 Å². The number of aliphatic hydroxyl groups is 1. The van der Waals surface area contributed by atoms with Gasteiger partial charge in [0.25, 0.3) is 0 Å². The van der Waals surface area contributed by atoms with Gasteiger partial charge in [0.15, 0.2) is 11.6 Å². The minimum Gasteiger partial charge on any atom is -0.486 e. The summed E-state index contributed by atoms with van der Waals surface area (Å²) in [5.41, 5.74) is 0. The molecule has 0 aliphatic carbocycles. The molecule has 1 rings (SSSR count). The SMILES string of the molecule is CC(O)CC(C)CNC(=O)NCC(C)Oc1ccccc1F. The van der Waals surface area contributed by atoms with Gasteiger partial charge in [-0.05, 0) is 38.3 Å². The highest BCUT2D eigenvalue weighted by Gasteiger charge is 2.11. The van der Waals surface area contributed by atoms with E-state index in [-0.39, 0.29) is 36.5 Å². The van der Waals surface area contributed by atoms with Gasteiger partial charge < -0.3 is 20.5 Å². The van der Waals surface area contributed by atoms with Crippen molar-refractivity contribution < 1.29 is 19.0 Å². The van der Waals surface area contributed by atoms with E-state index in [1.54, 1.807) is 32.0 Å². The lowest BCUT2D eigenvalue weighted by Gasteiger charge is -2.17. The predicted molar refractivity (Wildman–Crippen MR) is 83.4 cm³/mol. The first-order chi connectivity index (χ1) is 10.4. The van der Waals surface area contributed by atoms with E-state index in [0.29, 0.717) is 13.0 Å². The Morgan fingerprint density at radius 2 is 1.86 bits per heavy atom. The first kappa shape index (κ1) is 18.2. The topological polar surface area (TPSA) is 70.6 Å². The number of aliphatic hydroxyl groups excluding tert-OH is 1. The molecule has 6 heteroatoms. The second-order valence-corrected chi connectivity index (χ2v) is 5.64. The number of nitrogens with one attached hydrogen (secondary N) is 2. The van der Waals surface area contributed by atoms with Gasteiger partial charge in [0.05, 0.1) is 12.6 Å². The summed E-state index contributed by atoms with van der Waals surface area (Å²) in [5, 5.41) is 14.6. The van der Waals surface area contributed by atoms with Crippen LogP contribution in [0.3, 0.4) is 0 Å². The van der Waals surface area contributed by atoms with Gasteiger partial charge in [-0.2, -0.15) is 0 Å². The third kappa shape index (κ3) is 7.26. The van der Waals surface area contributed by atoms with Crippen molar-refractivity contribution in [3.8, 4) is 5.75 Å². The van der Waals surface area contributed by atoms with Crippen molar-refractivity contribution in [1.29, 1.82) is 0 Å². The largest absolute Gasteiger partial charge is 0.486 e. The molecule has 1 aromatic rings. The van der Waals surface area contributed by atoms with Gasteiger partial charge in [-0.25, -0.2) is 9.18 Å². The number of para-hydroxylation sites is 1. The Bertz CT molecular complexity index is 468. The summed E-state index contributed by atoms with van der Waals surface area (Å²) in [5.74, 6) is -0.0636. The van der Waals surface area contributed by atoms with Crippen LogP contribution < -0.4 is 15.4 Å². The lowest BCUT2D eigenvalue weighted by molar-refractivity contribution is 0.163. The van der Waals surface area contributed by atoms with Crippen molar-refractivity contribution in [2.24, 2.45) is 5.92 Å². The van der Waals surface area contributed by atoms with Gasteiger partial charge in [-0.1, -0.05) is 19.1 Å². The smallest absolute Gasteiger partial charge is 0.314 e. The van der Waals surface area contributed by atoms with Gasteiger partial charge >= 0.3 is 6.03 Å². The average Bonchev–Trinajstić information content (AvgIpc) is 2.44. The van der Waals surface area contributed by atoms with Crippen molar-refractivity contribution in [2.75, 3.05) is 13.1 Å². The highest BCUT2D eigenvalue weighted by Crippen LogP contribution is 2.16. The monoisotopic (exact) mass is 312 g/mol. The fourth-order valence-corrected chi connectivity index (χ4v) is 2.03. The molecule has 124 valence electrons. The second-order valence-electron chi connectivity index (χ2n) is 5.64. The molecule has 5 nitrogen and oxygen atoms in total. The van der Waals surface area contributed by atoms with E-state index in [4.69, 9.17) is 4.74 Å². The summed E-state index contributed by atoms with van der Waals surface area (Å²) in [6.07, 6.45) is -0.0980. The summed E-state index contributed by atoms with van der Waals surface area (Å²) in [7, 11) is 0. The van der Waals surface area contributed by atoms with E-state index in [0.717, 1.165) is 0 Å². The number of benzene rings is 1. The summed E-state index contributed by atoms with van der Waals surface area (Å²) in [4.78, 5) is 11.6. The fourth-order valence-electron chi connectivity index (χ4n) is 2.03. The summed E-state index contributed by atoms with van der Waals surface area (Å²) in [6.45, 7) is 6.18. The molecule has 3 N–H and O–H groups in total. The number of halogens is 1. The van der Waals surface area contributed by atoms with Gasteiger partial charge in [0, 0.05) is 6.54 Å². The quantitative estimate of drug-likeness (QED) is 0.690. The third-order valence-electron chi connectivity index (χ3n) is 3.07. The molecule has 0 aliphatic heterocycles. The number of rotatable bonds is 8. The lowest BCUT2D eigenvalue weighted by Crippen LogP contribution is -2.42. The van der Waals surface area contributed by atoms with E-state index in [2.05, 4.69) is 10.6 Å². The first-order valence-electron chi connectivity index (χ1n) is 7.49. The molecule has 0 radical (unpaired) electrons. The summed E-state index contributed by atoms with van der Waals surface area (Å²) < 4.78 is 18.8. The number of carbonyl (C=O) groups is 1. The van der Waals surface area contributed by atoms with Crippen LogP contribution in [0.5, 0.6) is 5.75 Å². The van der Waals surface area contributed by atoms with E-state index in [1.807, 2.05) is 6.92 Å². The van der Waals surface area contributed by atoms with Crippen molar-refractivity contribution in [3.63, 3.8) is 0 Å². The van der Waals surface area contributed by atoms with Crippen LogP contribution in [0.4, 0.5) is 9.18 Å². The predicted octanol–water partition coefficient (Wildman–Crippen LogP) is 2.30. The van der Waals surface area contributed by atoms with E-state index < -0.39 is 5.82 Å². The van der Waals surface area contributed by atoms with Crippen LogP contribution in [-0.4, -0.2) is 36.4 Å². The van der Waals surface area contributed by atoms with Crippen molar-refractivity contribution in [3.05, 3.63) is 30.1 Å². The van der Waals surface area contributed by atoms with Crippen LogP contribution in [0, 0.1) is 11.7 Å². The van der Waals surface area contributed by atoms with Crippen LogP contribution in [0.2, 0.25) is 0 Å². The Morgan fingerprint density at radius 3 is 2.50 bits per heavy atom. The molecule has 0 bridgehead atoms. The molecular weight excluding hydrogens is 287 g/mol. The lowest BCUT2D eigenvalue weighted by atomic mass is 10.1. The maximum Gasteiger partial charge on any atom is 0.314 e. The van der Waals surface area contributed by atoms with Gasteiger partial charge in [0.2, 0.25) is 0 Å². The Kier molecular flexibility index (Phi) is 7.66. The van der Waals surface area contributed by atoms with Crippen LogP contribution in [0.15, 0.2) is 24.3 Å². The van der Waals surface area contributed by atoms with E-state index >= 15 is 0 Å². The molecule has 3 unspecified atom stereocenters. The number of carbonyl (C=O) groups excluding carboxylic acids is 1. The zero-order valence-corrected chi connectivity index (χ0v) is 13.3. The first-order valence-corrected chi connectivity index (χ1v) is 7.49. The van der Waals surface area contributed by atoms with Gasteiger partial charge in [-0.15, -0.1) is 0 Å². The maximum atomic E-state index is 13.4. The second kappa shape index (κ2) is 9.25. The Labute approximate surface area is 130 Å². The standard InChI is InChI=1S/C16H25FN2O3/c1-11(8-12(2)20)9-18-16(21)19-10-13(3)22-15-7-5-4-6-14(15)17/h4-7,11-13,20H,8-10H2,1-3H3,(H2,18,19,21). The molecule has 0 fully saturated rings. The number of amides is 2. The van der Waals surface area contributed by atoms with Crippen molar-refractivity contribution >= 4 is 6.03 Å². The Morgan fingerprint density at radius 1 is 1.23 bits per heavy atom. The fraction of sp³-hybridized carbons (Fsp3) is 0.562. The van der Waals surface area contributed by atoms with E-state index in [1.165, 1.54) is 6.07 Å². The van der Waals surface area contributed by atoms with Crippen LogP contribution in [0.1, 0.15) is 27.2 Å². The summed E-state index contributed by atoms with van der Waals surface area (Å²) in [6, 6.07) is 5.85. The van der Waals surface area contributed by atoms with Crippen LogP contribution in [0.25, 0.3) is 0 Å². The highest BCUT2D eigenvalue weighted by atomic mass is 19.1. The summed E-state index contributed by atoms with van der Waals surface area (Å²) >= 11 is 0. The molecule has 0 saturated carbocycles. The van der Waals surface area contributed by atoms with Crippen LogP contribution >= 0.6 is 0 Å². The Hall–Kier alpha value is -1.82. The number of urea groups is 1. The molecule has 0 aliphatic rings. The molecule has 0 saturated heterocycles. The third-order valence-corrected chi connectivity index (χ3v) is 3.07. The molecule has 2 amide bonds. The highest BCUT2D eigenvalue weighted by molar-refractivity contribution is 5.73. The molecule has 0 heterocycles. The number of hydrogen-bond acceptors (Lipinski definition) is 3. The Balaban J connectivity index is 2.25. The van der Waals surface area contributed by atoms with Crippen molar-refractivity contribution in [1.82, 2.24) is 10.6 Å². The molecule has 22 heavy (non-hydrogen) atoms.